The minimum atomic E-state index is -1.17. The summed E-state index contributed by atoms with van der Waals surface area (Å²) in [5, 5.41) is 16.2. The minimum absolute atomic E-state index is 0.121. The second-order valence-electron chi connectivity index (χ2n) is 6.86. The van der Waals surface area contributed by atoms with Gasteiger partial charge < -0.3 is 21.1 Å². The molecule has 0 radical (unpaired) electrons. The maximum Gasteiger partial charge on any atom is 0.269 e. The molecule has 0 saturated carbocycles. The summed E-state index contributed by atoms with van der Waals surface area (Å²) < 4.78 is 5.20. The number of nitrogens with zero attached hydrogens (tertiary/aromatic N) is 1. The van der Waals surface area contributed by atoms with Crippen LogP contribution in [0.2, 0.25) is 0 Å². The highest BCUT2D eigenvalue weighted by Gasteiger charge is 2.27. The molecule has 0 aliphatic rings. The lowest BCUT2D eigenvalue weighted by molar-refractivity contribution is -0.384. The Hall–Kier alpha value is -3.95. The van der Waals surface area contributed by atoms with Crippen molar-refractivity contribution in [2.75, 3.05) is 7.11 Å². The Morgan fingerprint density at radius 3 is 2.29 bits per heavy atom. The number of non-ortho nitro benzene ring substituents is 1. The van der Waals surface area contributed by atoms with Crippen LogP contribution in [0.15, 0.2) is 48.5 Å². The maximum absolute atomic E-state index is 12.8. The molecule has 2 aromatic carbocycles. The summed E-state index contributed by atoms with van der Waals surface area (Å²) in [6.07, 6.45) is 0.0852. The predicted molar refractivity (Wildman–Crippen MR) is 112 cm³/mol. The van der Waals surface area contributed by atoms with Crippen molar-refractivity contribution in [1.29, 1.82) is 0 Å². The molecule has 0 spiro atoms. The fourth-order valence-corrected chi connectivity index (χ4v) is 3.06. The number of amides is 3. The van der Waals surface area contributed by atoms with Gasteiger partial charge in [-0.1, -0.05) is 30.3 Å². The number of hydrogen-bond acceptors (Lipinski definition) is 6. The van der Waals surface area contributed by atoms with Gasteiger partial charge in [-0.25, -0.2) is 0 Å². The van der Waals surface area contributed by atoms with Crippen LogP contribution in [-0.4, -0.2) is 41.8 Å². The molecule has 2 rings (SSSR count). The van der Waals surface area contributed by atoms with Gasteiger partial charge in [-0.3, -0.25) is 24.5 Å². The number of ether oxygens (including phenoxy) is 1. The van der Waals surface area contributed by atoms with Gasteiger partial charge >= 0.3 is 0 Å². The van der Waals surface area contributed by atoms with Crippen molar-refractivity contribution >= 4 is 23.4 Å². The molecule has 164 valence electrons. The average molecular weight is 428 g/mol. The second kappa shape index (κ2) is 10.7. The number of carbonyl (C=O) groups excluding carboxylic acids is 3. The van der Waals surface area contributed by atoms with E-state index < -0.39 is 34.7 Å². The van der Waals surface area contributed by atoms with Gasteiger partial charge in [0.15, 0.2) is 0 Å². The lowest BCUT2D eigenvalue weighted by atomic mass is 10.0. The smallest absolute Gasteiger partial charge is 0.269 e. The zero-order chi connectivity index (χ0) is 23.0. The number of rotatable bonds is 10. The summed E-state index contributed by atoms with van der Waals surface area (Å²) in [6.45, 7) is 1.28. The second-order valence-corrected chi connectivity index (χ2v) is 6.86. The molecular formula is C21H24N4O6. The van der Waals surface area contributed by atoms with Crippen LogP contribution in [0.4, 0.5) is 5.69 Å². The van der Waals surface area contributed by atoms with E-state index >= 15 is 0 Å². The lowest BCUT2D eigenvalue weighted by Gasteiger charge is -2.22. The van der Waals surface area contributed by atoms with E-state index in [1.165, 1.54) is 32.2 Å². The molecule has 31 heavy (non-hydrogen) atoms. The lowest BCUT2D eigenvalue weighted by Crippen LogP contribution is -2.54. The van der Waals surface area contributed by atoms with Crippen molar-refractivity contribution in [3.05, 3.63) is 69.8 Å². The van der Waals surface area contributed by atoms with Gasteiger partial charge in [0.25, 0.3) is 5.69 Å². The molecule has 10 nitrogen and oxygen atoms in total. The number of nitrogens with one attached hydrogen (secondary N) is 2. The molecule has 0 bridgehead atoms. The Balaban J connectivity index is 2.23. The number of nitro groups is 1. The first-order valence-electron chi connectivity index (χ1n) is 9.43. The monoisotopic (exact) mass is 428 g/mol. The Kier molecular flexibility index (Phi) is 8.07. The van der Waals surface area contributed by atoms with Crippen LogP contribution in [0.25, 0.3) is 0 Å². The zero-order valence-electron chi connectivity index (χ0n) is 17.2. The Morgan fingerprint density at radius 2 is 1.74 bits per heavy atom. The molecule has 0 saturated heterocycles. The standard InChI is InChI=1S/C21H24N4O6/c1-13(26)23-18(10-14-6-4-3-5-7-14)21(28)24-17(20(22)27)12-15-11-16(25(29)30)8-9-19(15)31-2/h3-9,11,17-18H,10,12H2,1-2H3,(H2,22,27)(H,23,26)(H,24,28)/t17-,18-/m1/s1. The van der Waals surface area contributed by atoms with Crippen LogP contribution < -0.4 is 21.1 Å². The quantitative estimate of drug-likeness (QED) is 0.377. The van der Waals surface area contributed by atoms with Gasteiger partial charge in [-0.2, -0.15) is 0 Å². The normalized spacial score (nSPS) is 12.3. The number of methoxy groups -OCH3 is 1. The van der Waals surface area contributed by atoms with Gasteiger partial charge in [0, 0.05) is 37.5 Å². The van der Waals surface area contributed by atoms with Crippen LogP contribution >= 0.6 is 0 Å². The largest absolute Gasteiger partial charge is 0.496 e. The minimum Gasteiger partial charge on any atom is -0.496 e. The first-order chi connectivity index (χ1) is 14.7. The summed E-state index contributed by atoms with van der Waals surface area (Å²) in [5.74, 6) is -1.53. The SMILES string of the molecule is COc1ccc([N+](=O)[O-])cc1C[C@@H](NC(=O)[C@@H](Cc1ccccc1)NC(C)=O)C(N)=O. The van der Waals surface area contributed by atoms with Crippen molar-refractivity contribution in [1.82, 2.24) is 10.6 Å². The average Bonchev–Trinajstić information content (AvgIpc) is 2.72. The molecule has 3 amide bonds. The maximum atomic E-state index is 12.8. The molecule has 0 fully saturated rings. The third-order valence-corrected chi connectivity index (χ3v) is 4.54. The number of carbonyl (C=O) groups is 3. The summed E-state index contributed by atoms with van der Waals surface area (Å²) in [6, 6.07) is 10.9. The Morgan fingerprint density at radius 1 is 1.06 bits per heavy atom. The van der Waals surface area contributed by atoms with Crippen LogP contribution in [0.5, 0.6) is 5.75 Å². The summed E-state index contributed by atoms with van der Waals surface area (Å²) in [5.41, 5.74) is 6.42. The number of nitrogens with two attached hydrogens (primary N) is 1. The van der Waals surface area contributed by atoms with Crippen LogP contribution in [0.1, 0.15) is 18.1 Å². The number of hydrogen-bond donors (Lipinski definition) is 3. The van der Waals surface area contributed by atoms with Crippen molar-refractivity contribution in [3.8, 4) is 5.75 Å². The molecular weight excluding hydrogens is 404 g/mol. The van der Waals surface area contributed by atoms with Crippen molar-refractivity contribution in [3.63, 3.8) is 0 Å². The van der Waals surface area contributed by atoms with Crippen LogP contribution in [0, 0.1) is 10.1 Å². The summed E-state index contributed by atoms with van der Waals surface area (Å²) in [7, 11) is 1.38. The first-order valence-corrected chi connectivity index (χ1v) is 9.43. The third kappa shape index (κ3) is 6.81. The van der Waals surface area contributed by atoms with Gasteiger partial charge in [0.1, 0.15) is 17.8 Å². The van der Waals surface area contributed by atoms with E-state index in [1.807, 2.05) is 18.2 Å². The van der Waals surface area contributed by atoms with E-state index in [9.17, 15) is 24.5 Å². The number of primary amides is 1. The topological polar surface area (TPSA) is 154 Å². The van der Waals surface area contributed by atoms with Crippen molar-refractivity contribution in [2.24, 2.45) is 5.73 Å². The molecule has 0 heterocycles. The molecule has 2 aromatic rings. The summed E-state index contributed by atoms with van der Waals surface area (Å²) in [4.78, 5) is 46.9. The predicted octanol–water partition coefficient (Wildman–Crippen LogP) is 0.863. The van der Waals surface area contributed by atoms with Crippen molar-refractivity contribution < 1.29 is 24.0 Å². The first kappa shape index (κ1) is 23.3. The fraction of sp³-hybridized carbons (Fsp3) is 0.286. The van der Waals surface area contributed by atoms with Crippen molar-refractivity contribution in [2.45, 2.75) is 31.8 Å². The van der Waals surface area contributed by atoms with Gasteiger partial charge in [-0.05, 0) is 11.6 Å². The molecule has 10 heteroatoms. The van der Waals surface area contributed by atoms with E-state index in [0.717, 1.165) is 5.56 Å². The molecule has 0 unspecified atom stereocenters. The number of nitro benzene ring substituents is 1. The van der Waals surface area contributed by atoms with Gasteiger partial charge in [0.2, 0.25) is 17.7 Å². The van der Waals surface area contributed by atoms with Gasteiger partial charge in [0.05, 0.1) is 12.0 Å². The molecule has 0 aliphatic carbocycles. The van der Waals surface area contributed by atoms with Crippen LogP contribution in [0.3, 0.4) is 0 Å². The van der Waals surface area contributed by atoms with E-state index in [-0.39, 0.29) is 18.5 Å². The highest BCUT2D eigenvalue weighted by molar-refractivity contribution is 5.91. The van der Waals surface area contributed by atoms with E-state index in [0.29, 0.717) is 11.3 Å². The molecule has 0 aliphatic heterocycles. The van der Waals surface area contributed by atoms with Crippen LogP contribution in [-0.2, 0) is 27.2 Å². The molecule has 2 atom stereocenters. The van der Waals surface area contributed by atoms with E-state index in [1.54, 1.807) is 12.1 Å². The molecule has 0 aromatic heterocycles. The zero-order valence-corrected chi connectivity index (χ0v) is 17.2. The third-order valence-electron chi connectivity index (χ3n) is 4.54. The summed E-state index contributed by atoms with van der Waals surface area (Å²) >= 11 is 0. The van der Waals surface area contributed by atoms with Gasteiger partial charge in [-0.15, -0.1) is 0 Å². The van der Waals surface area contributed by atoms with E-state index in [4.69, 9.17) is 10.5 Å². The molecule has 4 N–H and O–H groups in total. The van der Waals surface area contributed by atoms with E-state index in [2.05, 4.69) is 10.6 Å². The Labute approximate surface area is 178 Å². The highest BCUT2D eigenvalue weighted by Crippen LogP contribution is 2.25. The highest BCUT2D eigenvalue weighted by atomic mass is 16.6. The number of benzene rings is 2. The fourth-order valence-electron chi connectivity index (χ4n) is 3.06. The Bertz CT molecular complexity index is 964.